The highest BCUT2D eigenvalue weighted by Crippen LogP contribution is 2.28. The van der Waals surface area contributed by atoms with Crippen LogP contribution in [-0.2, 0) is 0 Å². The van der Waals surface area contributed by atoms with Crippen molar-refractivity contribution >= 4 is 17.3 Å². The Morgan fingerprint density at radius 2 is 2.19 bits per heavy atom. The molecule has 0 aromatic heterocycles. The van der Waals surface area contributed by atoms with Crippen LogP contribution in [-0.4, -0.2) is 33.8 Å². The van der Waals surface area contributed by atoms with Gasteiger partial charge in [0, 0.05) is 25.8 Å². The van der Waals surface area contributed by atoms with Gasteiger partial charge >= 0.3 is 0 Å². The van der Waals surface area contributed by atoms with E-state index in [1.807, 2.05) is 39.2 Å². The Morgan fingerprint density at radius 3 is 2.75 bits per heavy atom. The molecule has 90 valence electrons. The molecule has 1 rings (SSSR count). The van der Waals surface area contributed by atoms with Crippen LogP contribution in [0.5, 0.6) is 5.75 Å². The van der Waals surface area contributed by atoms with Gasteiger partial charge in [0.1, 0.15) is 5.75 Å². The van der Waals surface area contributed by atoms with E-state index in [0.29, 0.717) is 11.6 Å². The van der Waals surface area contributed by atoms with E-state index in [4.69, 9.17) is 16.3 Å². The molecule has 0 fully saturated rings. The van der Waals surface area contributed by atoms with Crippen LogP contribution in [0, 0.1) is 0 Å². The molecule has 1 aromatic rings. The number of halogens is 1. The van der Waals surface area contributed by atoms with E-state index in [1.54, 1.807) is 0 Å². The zero-order valence-electron chi connectivity index (χ0n) is 10.1. The number of rotatable bonds is 6. The Bertz CT molecular complexity index is 331. The Hall–Kier alpha value is -0.930. The van der Waals surface area contributed by atoms with E-state index >= 15 is 0 Å². The maximum absolute atomic E-state index is 6.12. The van der Waals surface area contributed by atoms with Crippen molar-refractivity contribution in [3.8, 4) is 5.75 Å². The molecule has 3 nitrogen and oxygen atoms in total. The molecule has 1 aromatic carbocycles. The van der Waals surface area contributed by atoms with Crippen molar-refractivity contribution in [3.63, 3.8) is 0 Å². The molecule has 0 saturated carbocycles. The first-order chi connectivity index (χ1) is 7.69. The van der Waals surface area contributed by atoms with Crippen molar-refractivity contribution in [1.29, 1.82) is 0 Å². The summed E-state index contributed by atoms with van der Waals surface area (Å²) in [5, 5.41) is 3.78. The lowest BCUT2D eigenvalue weighted by Gasteiger charge is -2.20. The van der Waals surface area contributed by atoms with Gasteiger partial charge in [0.2, 0.25) is 0 Å². The van der Waals surface area contributed by atoms with Gasteiger partial charge in [-0.2, -0.15) is 0 Å². The Kier molecular flexibility index (Phi) is 5.43. The average Bonchev–Trinajstić information content (AvgIpc) is 2.29. The monoisotopic (exact) mass is 242 g/mol. The highest BCUT2D eigenvalue weighted by Gasteiger charge is 2.05. The molecule has 0 atom stereocenters. The van der Waals surface area contributed by atoms with Crippen LogP contribution in [0.3, 0.4) is 0 Å². The fraction of sp³-hybridized carbons (Fsp3) is 0.500. The predicted molar refractivity (Wildman–Crippen MR) is 69.8 cm³/mol. The van der Waals surface area contributed by atoms with Crippen molar-refractivity contribution in [2.24, 2.45) is 0 Å². The van der Waals surface area contributed by atoms with Gasteiger partial charge in [-0.25, -0.2) is 0 Å². The molecule has 0 aliphatic rings. The van der Waals surface area contributed by atoms with Crippen molar-refractivity contribution in [2.45, 2.75) is 6.92 Å². The van der Waals surface area contributed by atoms with Gasteiger partial charge < -0.3 is 15.0 Å². The number of hydrogen-bond acceptors (Lipinski definition) is 3. The van der Waals surface area contributed by atoms with Gasteiger partial charge in [0.15, 0.2) is 0 Å². The molecule has 1 N–H and O–H groups in total. The first-order valence-electron chi connectivity index (χ1n) is 5.47. The summed E-state index contributed by atoms with van der Waals surface area (Å²) in [5.74, 6) is 0.745. The molecular formula is C12H19ClN2O. The summed E-state index contributed by atoms with van der Waals surface area (Å²) >= 11 is 6.12. The van der Waals surface area contributed by atoms with E-state index in [2.05, 4.69) is 10.2 Å². The molecule has 4 heteroatoms. The molecule has 0 radical (unpaired) electrons. The second kappa shape index (κ2) is 6.61. The van der Waals surface area contributed by atoms with Crippen LogP contribution >= 0.6 is 11.6 Å². The van der Waals surface area contributed by atoms with Crippen molar-refractivity contribution in [2.75, 3.05) is 38.7 Å². The van der Waals surface area contributed by atoms with Crippen LogP contribution < -0.4 is 15.0 Å². The van der Waals surface area contributed by atoms with E-state index in [9.17, 15) is 0 Å². The molecule has 0 aliphatic carbocycles. The molecule has 0 heterocycles. The number of anilines is 1. The normalized spacial score (nSPS) is 10.2. The summed E-state index contributed by atoms with van der Waals surface area (Å²) in [6.45, 7) is 4.47. The number of ether oxygens (including phenoxy) is 1. The van der Waals surface area contributed by atoms with Crippen LogP contribution in [0.4, 0.5) is 5.69 Å². The third-order valence-corrected chi connectivity index (χ3v) is 2.65. The third kappa shape index (κ3) is 3.58. The first-order valence-corrected chi connectivity index (χ1v) is 5.85. The van der Waals surface area contributed by atoms with Gasteiger partial charge in [0.05, 0.1) is 11.6 Å². The van der Waals surface area contributed by atoms with Gasteiger partial charge in [-0.15, -0.1) is 0 Å². The van der Waals surface area contributed by atoms with Crippen molar-refractivity contribution in [1.82, 2.24) is 5.32 Å². The zero-order chi connectivity index (χ0) is 12.0. The molecule has 16 heavy (non-hydrogen) atoms. The number of likely N-dealkylation sites (N-methyl/N-ethyl adjacent to an activating group) is 2. The predicted octanol–water partition coefficient (Wildman–Crippen LogP) is 2.39. The van der Waals surface area contributed by atoms with Gasteiger partial charge in [-0.05, 0) is 32.2 Å². The van der Waals surface area contributed by atoms with Gasteiger partial charge in [-0.1, -0.05) is 11.6 Å². The fourth-order valence-electron chi connectivity index (χ4n) is 1.41. The van der Waals surface area contributed by atoms with Gasteiger partial charge in [0.25, 0.3) is 0 Å². The van der Waals surface area contributed by atoms with Crippen LogP contribution in [0.2, 0.25) is 5.02 Å². The highest BCUT2D eigenvalue weighted by atomic mass is 35.5. The Labute approximate surface area is 102 Å². The number of benzene rings is 1. The SMILES string of the molecule is CCOc1ccc(N(C)CCNC)cc1Cl. The van der Waals surface area contributed by atoms with Crippen molar-refractivity contribution in [3.05, 3.63) is 23.2 Å². The maximum atomic E-state index is 6.12. The topological polar surface area (TPSA) is 24.5 Å². The highest BCUT2D eigenvalue weighted by molar-refractivity contribution is 6.32. The molecule has 0 saturated heterocycles. The quantitative estimate of drug-likeness (QED) is 0.829. The number of hydrogen-bond donors (Lipinski definition) is 1. The molecule has 0 unspecified atom stereocenters. The smallest absolute Gasteiger partial charge is 0.138 e. The molecule has 0 bridgehead atoms. The lowest BCUT2D eigenvalue weighted by molar-refractivity contribution is 0.340. The molecular weight excluding hydrogens is 224 g/mol. The summed E-state index contributed by atoms with van der Waals surface area (Å²) in [4.78, 5) is 2.15. The summed E-state index contributed by atoms with van der Waals surface area (Å²) in [5.41, 5.74) is 1.10. The molecule has 0 amide bonds. The number of nitrogens with zero attached hydrogens (tertiary/aromatic N) is 1. The Balaban J connectivity index is 2.71. The van der Waals surface area contributed by atoms with Crippen LogP contribution in [0.15, 0.2) is 18.2 Å². The van der Waals surface area contributed by atoms with Crippen molar-refractivity contribution < 1.29 is 4.74 Å². The van der Waals surface area contributed by atoms with E-state index in [1.165, 1.54) is 0 Å². The van der Waals surface area contributed by atoms with E-state index < -0.39 is 0 Å². The molecule has 0 aliphatic heterocycles. The van der Waals surface area contributed by atoms with Gasteiger partial charge in [-0.3, -0.25) is 0 Å². The maximum Gasteiger partial charge on any atom is 0.138 e. The summed E-state index contributed by atoms with van der Waals surface area (Å²) < 4.78 is 5.39. The summed E-state index contributed by atoms with van der Waals surface area (Å²) in [6, 6.07) is 5.87. The molecule has 0 spiro atoms. The number of nitrogens with one attached hydrogen (secondary N) is 1. The Morgan fingerprint density at radius 1 is 1.44 bits per heavy atom. The van der Waals surface area contributed by atoms with E-state index in [0.717, 1.165) is 24.5 Å². The fourth-order valence-corrected chi connectivity index (χ4v) is 1.64. The van der Waals surface area contributed by atoms with E-state index in [-0.39, 0.29) is 0 Å². The zero-order valence-corrected chi connectivity index (χ0v) is 10.8. The second-order valence-electron chi connectivity index (χ2n) is 3.57. The van der Waals surface area contributed by atoms with Crippen LogP contribution in [0.25, 0.3) is 0 Å². The largest absolute Gasteiger partial charge is 0.492 e. The minimum absolute atomic E-state index is 0.634. The summed E-state index contributed by atoms with van der Waals surface area (Å²) in [6.07, 6.45) is 0. The third-order valence-electron chi connectivity index (χ3n) is 2.35. The lowest BCUT2D eigenvalue weighted by Crippen LogP contribution is -2.26. The average molecular weight is 243 g/mol. The summed E-state index contributed by atoms with van der Waals surface area (Å²) in [7, 11) is 3.99. The minimum Gasteiger partial charge on any atom is -0.492 e. The second-order valence-corrected chi connectivity index (χ2v) is 3.98. The van der Waals surface area contributed by atoms with Crippen LogP contribution in [0.1, 0.15) is 6.92 Å². The minimum atomic E-state index is 0.634. The first kappa shape index (κ1) is 13.1. The standard InChI is InChI=1S/C12H19ClN2O/c1-4-16-12-6-5-10(9-11(12)13)15(3)8-7-14-2/h5-6,9,14H,4,7-8H2,1-3H3. The lowest BCUT2D eigenvalue weighted by atomic mass is 10.2.